The van der Waals surface area contributed by atoms with Crippen LogP contribution in [0.3, 0.4) is 0 Å². The molecule has 1 aliphatic rings. The summed E-state index contributed by atoms with van der Waals surface area (Å²) in [5, 5.41) is 2.03. The fourth-order valence-corrected chi connectivity index (χ4v) is 3.28. The van der Waals surface area contributed by atoms with Crippen LogP contribution in [-0.4, -0.2) is 27.7 Å². The Morgan fingerprint density at radius 3 is 3.09 bits per heavy atom. The molecule has 4 nitrogen and oxygen atoms in total. The summed E-state index contributed by atoms with van der Waals surface area (Å²) < 4.78 is 5.92. The molecule has 0 aliphatic carbocycles. The largest absolute Gasteiger partial charge is 0.460 e. The second kappa shape index (κ2) is 5.74. The number of thioether (sulfide) groups is 1. The van der Waals surface area contributed by atoms with Crippen molar-refractivity contribution in [2.24, 2.45) is 0 Å². The van der Waals surface area contributed by atoms with Gasteiger partial charge >= 0.3 is 0 Å². The van der Waals surface area contributed by atoms with E-state index in [1.807, 2.05) is 30.7 Å². The van der Waals surface area contributed by atoms with Gasteiger partial charge in [-0.1, -0.05) is 30.0 Å². The summed E-state index contributed by atoms with van der Waals surface area (Å²) in [6.07, 6.45) is 4.96. The third kappa shape index (κ3) is 2.62. The lowest BCUT2D eigenvalue weighted by Gasteiger charge is -2.27. The second-order valence-corrected chi connectivity index (χ2v) is 6.31. The number of furan rings is 1. The molecule has 2 aromatic heterocycles. The van der Waals surface area contributed by atoms with Crippen molar-refractivity contribution in [1.29, 1.82) is 0 Å². The SMILES string of the molecule is CSc1ncc2c(n1)CCN(Cc1cc3ccccc3o1)C2. The van der Waals surface area contributed by atoms with Crippen molar-refractivity contribution in [1.82, 2.24) is 14.9 Å². The highest BCUT2D eigenvalue weighted by Gasteiger charge is 2.19. The molecule has 5 heteroatoms. The van der Waals surface area contributed by atoms with E-state index in [1.54, 1.807) is 11.8 Å². The van der Waals surface area contributed by atoms with Gasteiger partial charge in [-0.05, 0) is 18.4 Å². The number of hydrogen-bond acceptors (Lipinski definition) is 5. The molecule has 4 rings (SSSR count). The smallest absolute Gasteiger partial charge is 0.187 e. The molecule has 3 heterocycles. The van der Waals surface area contributed by atoms with Crippen LogP contribution in [0.15, 0.2) is 46.1 Å². The molecule has 0 amide bonds. The maximum absolute atomic E-state index is 5.92. The van der Waals surface area contributed by atoms with E-state index in [-0.39, 0.29) is 0 Å². The molecule has 1 aliphatic heterocycles. The van der Waals surface area contributed by atoms with E-state index in [0.717, 1.165) is 42.6 Å². The van der Waals surface area contributed by atoms with Crippen molar-refractivity contribution in [3.8, 4) is 0 Å². The Labute approximate surface area is 133 Å². The van der Waals surface area contributed by atoms with E-state index in [1.165, 1.54) is 16.6 Å². The zero-order chi connectivity index (χ0) is 14.9. The molecule has 0 saturated heterocycles. The number of nitrogens with zero attached hydrogens (tertiary/aromatic N) is 3. The second-order valence-electron chi connectivity index (χ2n) is 5.54. The van der Waals surface area contributed by atoms with Gasteiger partial charge in [-0.3, -0.25) is 4.90 Å². The first-order valence-corrected chi connectivity index (χ1v) is 8.63. The van der Waals surface area contributed by atoms with E-state index in [0.29, 0.717) is 0 Å². The number of fused-ring (bicyclic) bond motifs is 2. The van der Waals surface area contributed by atoms with Crippen LogP contribution in [-0.2, 0) is 19.5 Å². The zero-order valence-electron chi connectivity index (χ0n) is 12.5. The van der Waals surface area contributed by atoms with Crippen LogP contribution in [0.2, 0.25) is 0 Å². The number of rotatable bonds is 3. The van der Waals surface area contributed by atoms with E-state index in [2.05, 4.69) is 27.0 Å². The summed E-state index contributed by atoms with van der Waals surface area (Å²) in [4.78, 5) is 11.4. The van der Waals surface area contributed by atoms with Gasteiger partial charge < -0.3 is 4.42 Å². The molecule has 0 atom stereocenters. The Bertz CT molecular complexity index is 782. The fourth-order valence-electron chi connectivity index (χ4n) is 2.92. The van der Waals surface area contributed by atoms with E-state index >= 15 is 0 Å². The van der Waals surface area contributed by atoms with Gasteiger partial charge in [0.2, 0.25) is 0 Å². The van der Waals surface area contributed by atoms with Gasteiger partial charge in [-0.2, -0.15) is 0 Å². The molecular formula is C17H17N3OS. The monoisotopic (exact) mass is 311 g/mol. The highest BCUT2D eigenvalue weighted by molar-refractivity contribution is 7.98. The van der Waals surface area contributed by atoms with Crippen LogP contribution >= 0.6 is 11.8 Å². The molecule has 0 radical (unpaired) electrons. The van der Waals surface area contributed by atoms with Crippen LogP contribution in [0.25, 0.3) is 11.0 Å². The lowest BCUT2D eigenvalue weighted by molar-refractivity contribution is 0.225. The van der Waals surface area contributed by atoms with Crippen LogP contribution in [0.1, 0.15) is 17.0 Å². The molecule has 0 spiro atoms. The highest BCUT2D eigenvalue weighted by atomic mass is 32.2. The maximum Gasteiger partial charge on any atom is 0.187 e. The van der Waals surface area contributed by atoms with Gasteiger partial charge in [0.15, 0.2) is 5.16 Å². The van der Waals surface area contributed by atoms with E-state index < -0.39 is 0 Å². The summed E-state index contributed by atoms with van der Waals surface area (Å²) in [6, 6.07) is 10.3. The quantitative estimate of drug-likeness (QED) is 0.547. The first-order chi connectivity index (χ1) is 10.8. The average molecular weight is 311 g/mol. The van der Waals surface area contributed by atoms with Crippen LogP contribution < -0.4 is 0 Å². The molecule has 0 fully saturated rings. The third-order valence-electron chi connectivity index (χ3n) is 4.03. The summed E-state index contributed by atoms with van der Waals surface area (Å²) in [6.45, 7) is 2.73. The molecule has 0 bridgehead atoms. The Balaban J connectivity index is 1.52. The fraction of sp³-hybridized carbons (Fsp3) is 0.294. The summed E-state index contributed by atoms with van der Waals surface area (Å²) in [7, 11) is 0. The molecule has 0 unspecified atom stereocenters. The number of hydrogen-bond donors (Lipinski definition) is 0. The molecule has 0 saturated carbocycles. The number of benzene rings is 1. The van der Waals surface area contributed by atoms with Crippen molar-refractivity contribution in [2.45, 2.75) is 24.7 Å². The lowest BCUT2D eigenvalue weighted by Crippen LogP contribution is -2.30. The minimum absolute atomic E-state index is 0.832. The summed E-state index contributed by atoms with van der Waals surface area (Å²) >= 11 is 1.60. The summed E-state index contributed by atoms with van der Waals surface area (Å²) in [5.41, 5.74) is 3.39. The predicted molar refractivity (Wildman–Crippen MR) is 87.8 cm³/mol. The zero-order valence-corrected chi connectivity index (χ0v) is 13.3. The first kappa shape index (κ1) is 13.8. The molecule has 1 aromatic carbocycles. The van der Waals surface area contributed by atoms with Gasteiger partial charge in [0.1, 0.15) is 11.3 Å². The first-order valence-electron chi connectivity index (χ1n) is 7.40. The van der Waals surface area contributed by atoms with Crippen LogP contribution in [0.4, 0.5) is 0 Å². The van der Waals surface area contributed by atoms with Gasteiger partial charge in [0.25, 0.3) is 0 Å². The lowest BCUT2D eigenvalue weighted by atomic mass is 10.1. The van der Waals surface area contributed by atoms with Gasteiger partial charge in [-0.25, -0.2) is 9.97 Å². The normalized spacial score (nSPS) is 15.1. The van der Waals surface area contributed by atoms with Crippen LogP contribution in [0.5, 0.6) is 0 Å². The topological polar surface area (TPSA) is 42.2 Å². The van der Waals surface area contributed by atoms with Crippen molar-refractivity contribution in [3.05, 3.63) is 53.5 Å². The Kier molecular flexibility index (Phi) is 3.60. The third-order valence-corrected chi connectivity index (χ3v) is 4.59. The number of aromatic nitrogens is 2. The maximum atomic E-state index is 5.92. The van der Waals surface area contributed by atoms with Gasteiger partial charge in [0.05, 0.1) is 12.2 Å². The highest BCUT2D eigenvalue weighted by Crippen LogP contribution is 2.23. The van der Waals surface area contributed by atoms with E-state index in [9.17, 15) is 0 Å². The average Bonchev–Trinajstić information content (AvgIpc) is 2.96. The molecule has 22 heavy (non-hydrogen) atoms. The van der Waals surface area contributed by atoms with E-state index in [4.69, 9.17) is 4.42 Å². The Morgan fingerprint density at radius 2 is 2.23 bits per heavy atom. The van der Waals surface area contributed by atoms with Gasteiger partial charge in [0, 0.05) is 36.7 Å². The van der Waals surface area contributed by atoms with Crippen molar-refractivity contribution in [3.63, 3.8) is 0 Å². The minimum Gasteiger partial charge on any atom is -0.460 e. The molecule has 112 valence electrons. The molecule has 3 aromatic rings. The van der Waals surface area contributed by atoms with Gasteiger partial charge in [-0.15, -0.1) is 0 Å². The van der Waals surface area contributed by atoms with Crippen molar-refractivity contribution >= 4 is 22.7 Å². The Hall–Kier alpha value is -1.85. The van der Waals surface area contributed by atoms with Crippen LogP contribution in [0, 0.1) is 0 Å². The minimum atomic E-state index is 0.832. The molecular weight excluding hydrogens is 294 g/mol. The summed E-state index contributed by atoms with van der Waals surface area (Å²) in [5.74, 6) is 1.02. The van der Waals surface area contributed by atoms with Crippen molar-refractivity contribution in [2.75, 3.05) is 12.8 Å². The Morgan fingerprint density at radius 1 is 1.32 bits per heavy atom. The standard InChI is InChI=1S/C17H17N3OS/c1-22-17-18-9-13-10-20(7-6-15(13)19-17)11-14-8-12-4-2-3-5-16(12)21-14/h2-5,8-9H,6-7,10-11H2,1H3. The number of para-hydroxylation sites is 1. The van der Waals surface area contributed by atoms with Crippen molar-refractivity contribution < 1.29 is 4.42 Å². The molecule has 0 N–H and O–H groups in total. The predicted octanol–water partition coefficient (Wildman–Crippen LogP) is 3.50.